The van der Waals surface area contributed by atoms with Crippen LogP contribution < -0.4 is 0 Å². The van der Waals surface area contributed by atoms with Crippen LogP contribution in [0.25, 0.3) is 0 Å². The SMILES string of the molecule is CC(=O)OC1(C(=O)OCCC(C)C)CCC(C(=O)OC(C)(C)C)CC1. The molecule has 0 aromatic carbocycles. The Hall–Kier alpha value is -1.59. The van der Waals surface area contributed by atoms with Gasteiger partial charge in [-0.2, -0.15) is 0 Å². The third kappa shape index (κ3) is 7.04. The first kappa shape index (κ1) is 21.5. The lowest BCUT2D eigenvalue weighted by Crippen LogP contribution is -2.48. The van der Waals surface area contributed by atoms with Crippen molar-refractivity contribution in [3.05, 3.63) is 0 Å². The van der Waals surface area contributed by atoms with E-state index in [9.17, 15) is 14.4 Å². The first-order chi connectivity index (χ1) is 11.4. The molecule has 0 atom stereocenters. The van der Waals surface area contributed by atoms with Gasteiger partial charge in [0.25, 0.3) is 0 Å². The van der Waals surface area contributed by atoms with Gasteiger partial charge >= 0.3 is 17.9 Å². The van der Waals surface area contributed by atoms with E-state index in [1.54, 1.807) is 0 Å². The smallest absolute Gasteiger partial charge is 0.350 e. The summed E-state index contributed by atoms with van der Waals surface area (Å²) in [6.45, 7) is 11.1. The molecule has 0 saturated heterocycles. The zero-order chi connectivity index (χ0) is 19.3. The molecule has 1 fully saturated rings. The fourth-order valence-corrected chi connectivity index (χ4v) is 2.85. The molecule has 0 spiro atoms. The standard InChI is InChI=1S/C19H32O6/c1-13(2)9-12-23-17(22)19(24-14(3)20)10-7-15(8-11-19)16(21)25-18(4,5)6/h13,15H,7-12H2,1-6H3. The molecule has 0 heterocycles. The Balaban J connectivity index is 2.71. The average Bonchev–Trinajstić information content (AvgIpc) is 2.44. The molecule has 6 heteroatoms. The first-order valence-corrected chi connectivity index (χ1v) is 9.05. The second-order valence-corrected chi connectivity index (χ2v) is 8.21. The molecule has 1 rings (SSSR count). The average molecular weight is 356 g/mol. The van der Waals surface area contributed by atoms with Crippen LogP contribution in [0.15, 0.2) is 0 Å². The summed E-state index contributed by atoms with van der Waals surface area (Å²) < 4.78 is 16.1. The van der Waals surface area contributed by atoms with Crippen molar-refractivity contribution in [2.75, 3.05) is 6.61 Å². The highest BCUT2D eigenvalue weighted by molar-refractivity contribution is 5.83. The molecule has 0 aliphatic heterocycles. The normalized spacial score (nSPS) is 23.9. The van der Waals surface area contributed by atoms with Crippen molar-refractivity contribution < 1.29 is 28.6 Å². The first-order valence-electron chi connectivity index (χ1n) is 9.05. The van der Waals surface area contributed by atoms with Crippen molar-refractivity contribution in [1.82, 2.24) is 0 Å². The van der Waals surface area contributed by atoms with Crippen LogP contribution in [0.2, 0.25) is 0 Å². The van der Waals surface area contributed by atoms with Crippen molar-refractivity contribution in [1.29, 1.82) is 0 Å². The van der Waals surface area contributed by atoms with Gasteiger partial charge in [0, 0.05) is 6.92 Å². The molecular formula is C19H32O6. The van der Waals surface area contributed by atoms with Gasteiger partial charge in [-0.05, 0) is 58.8 Å². The van der Waals surface area contributed by atoms with Gasteiger partial charge in [-0.15, -0.1) is 0 Å². The van der Waals surface area contributed by atoms with E-state index in [0.717, 1.165) is 6.42 Å². The summed E-state index contributed by atoms with van der Waals surface area (Å²) in [5, 5.41) is 0. The van der Waals surface area contributed by atoms with E-state index >= 15 is 0 Å². The number of carbonyl (C=O) groups excluding carboxylic acids is 3. The predicted molar refractivity (Wildman–Crippen MR) is 92.7 cm³/mol. The maximum atomic E-state index is 12.5. The van der Waals surface area contributed by atoms with Gasteiger partial charge in [0.15, 0.2) is 0 Å². The quantitative estimate of drug-likeness (QED) is 0.536. The van der Waals surface area contributed by atoms with Crippen LogP contribution in [-0.2, 0) is 28.6 Å². The summed E-state index contributed by atoms with van der Waals surface area (Å²) >= 11 is 0. The molecule has 6 nitrogen and oxygen atoms in total. The van der Waals surface area contributed by atoms with E-state index in [4.69, 9.17) is 14.2 Å². The highest BCUT2D eigenvalue weighted by atomic mass is 16.6. The minimum atomic E-state index is -1.28. The topological polar surface area (TPSA) is 78.9 Å². The molecular weight excluding hydrogens is 324 g/mol. The highest BCUT2D eigenvalue weighted by Crippen LogP contribution is 2.37. The van der Waals surface area contributed by atoms with Crippen molar-refractivity contribution in [3.63, 3.8) is 0 Å². The number of rotatable bonds is 6. The fourth-order valence-electron chi connectivity index (χ4n) is 2.85. The molecule has 0 aromatic rings. The summed E-state index contributed by atoms with van der Waals surface area (Å²) in [7, 11) is 0. The van der Waals surface area contributed by atoms with Gasteiger partial charge in [-0.3, -0.25) is 9.59 Å². The van der Waals surface area contributed by atoms with Crippen LogP contribution in [0.5, 0.6) is 0 Å². The van der Waals surface area contributed by atoms with Crippen molar-refractivity contribution in [2.24, 2.45) is 11.8 Å². The molecule has 0 unspecified atom stereocenters. The maximum absolute atomic E-state index is 12.5. The molecule has 1 saturated carbocycles. The van der Waals surface area contributed by atoms with Crippen LogP contribution >= 0.6 is 0 Å². The summed E-state index contributed by atoms with van der Waals surface area (Å²) in [6, 6.07) is 0. The van der Waals surface area contributed by atoms with Crippen LogP contribution in [0, 0.1) is 11.8 Å². The van der Waals surface area contributed by atoms with Crippen LogP contribution in [0.4, 0.5) is 0 Å². The predicted octanol–water partition coefficient (Wildman–Crippen LogP) is 3.41. The number of carbonyl (C=O) groups is 3. The molecule has 144 valence electrons. The fraction of sp³-hybridized carbons (Fsp3) is 0.842. The maximum Gasteiger partial charge on any atom is 0.350 e. The summed E-state index contributed by atoms with van der Waals surface area (Å²) in [5.74, 6) is -1.16. The van der Waals surface area contributed by atoms with E-state index in [1.165, 1.54) is 6.92 Å². The van der Waals surface area contributed by atoms with Crippen molar-refractivity contribution in [2.45, 2.75) is 84.8 Å². The summed E-state index contributed by atoms with van der Waals surface area (Å²) in [6.07, 6.45) is 2.17. The number of hydrogen-bond donors (Lipinski definition) is 0. The second kappa shape index (κ2) is 8.68. The number of hydrogen-bond acceptors (Lipinski definition) is 6. The Bertz CT molecular complexity index is 481. The molecule has 0 bridgehead atoms. The lowest BCUT2D eigenvalue weighted by molar-refractivity contribution is -0.189. The van der Waals surface area contributed by atoms with Gasteiger partial charge in [0.05, 0.1) is 12.5 Å². The van der Waals surface area contributed by atoms with Crippen molar-refractivity contribution >= 4 is 17.9 Å². The highest BCUT2D eigenvalue weighted by Gasteiger charge is 2.48. The van der Waals surface area contributed by atoms with Gasteiger partial charge in [-0.1, -0.05) is 13.8 Å². The zero-order valence-corrected chi connectivity index (χ0v) is 16.3. The van der Waals surface area contributed by atoms with E-state index in [1.807, 2.05) is 34.6 Å². The minimum absolute atomic E-state index is 0.267. The van der Waals surface area contributed by atoms with E-state index in [0.29, 0.717) is 25.4 Å². The van der Waals surface area contributed by atoms with Crippen LogP contribution in [0.3, 0.4) is 0 Å². The van der Waals surface area contributed by atoms with Gasteiger partial charge < -0.3 is 14.2 Å². The largest absolute Gasteiger partial charge is 0.463 e. The monoisotopic (exact) mass is 356 g/mol. The molecule has 0 N–H and O–H groups in total. The molecule has 1 aliphatic rings. The Morgan fingerprint density at radius 3 is 2.12 bits per heavy atom. The lowest BCUT2D eigenvalue weighted by Gasteiger charge is -2.37. The van der Waals surface area contributed by atoms with Gasteiger partial charge in [0.2, 0.25) is 5.60 Å². The molecule has 0 aromatic heterocycles. The number of esters is 3. The Kier molecular flexibility index (Phi) is 7.44. The van der Waals surface area contributed by atoms with Crippen molar-refractivity contribution in [3.8, 4) is 0 Å². The summed E-state index contributed by atoms with van der Waals surface area (Å²) in [4.78, 5) is 36.2. The van der Waals surface area contributed by atoms with Crippen LogP contribution in [-0.4, -0.2) is 35.7 Å². The van der Waals surface area contributed by atoms with Gasteiger partial charge in [0.1, 0.15) is 5.60 Å². The molecule has 0 radical (unpaired) electrons. The van der Waals surface area contributed by atoms with E-state index < -0.39 is 23.1 Å². The van der Waals surface area contributed by atoms with Gasteiger partial charge in [-0.25, -0.2) is 4.79 Å². The molecule has 0 amide bonds. The van der Waals surface area contributed by atoms with E-state index in [-0.39, 0.29) is 24.7 Å². The Morgan fingerprint density at radius 1 is 1.12 bits per heavy atom. The molecule has 1 aliphatic carbocycles. The Labute approximate surface area is 150 Å². The molecule has 25 heavy (non-hydrogen) atoms. The second-order valence-electron chi connectivity index (χ2n) is 8.21. The zero-order valence-electron chi connectivity index (χ0n) is 16.3. The Morgan fingerprint density at radius 2 is 1.68 bits per heavy atom. The van der Waals surface area contributed by atoms with E-state index in [2.05, 4.69) is 0 Å². The van der Waals surface area contributed by atoms with Crippen LogP contribution in [0.1, 0.15) is 73.6 Å². The minimum Gasteiger partial charge on any atom is -0.463 e. The third-order valence-corrected chi connectivity index (χ3v) is 4.17. The summed E-state index contributed by atoms with van der Waals surface area (Å²) in [5.41, 5.74) is -1.82. The lowest BCUT2D eigenvalue weighted by atomic mass is 9.78. The number of ether oxygens (including phenoxy) is 3. The third-order valence-electron chi connectivity index (χ3n) is 4.17.